The van der Waals surface area contributed by atoms with Gasteiger partial charge in [-0.15, -0.1) is 0 Å². The minimum atomic E-state index is 0.0103. The van der Waals surface area contributed by atoms with Crippen molar-refractivity contribution >= 4 is 23.4 Å². The summed E-state index contributed by atoms with van der Waals surface area (Å²) in [5.74, 6) is 0.0103. The summed E-state index contributed by atoms with van der Waals surface area (Å²) in [7, 11) is 0. The van der Waals surface area contributed by atoms with Crippen molar-refractivity contribution in [3.63, 3.8) is 0 Å². The molecule has 106 valence electrons. The first-order chi connectivity index (χ1) is 9.15. The smallest absolute Gasteiger partial charge is 0.268 e. The summed E-state index contributed by atoms with van der Waals surface area (Å²) in [5, 5.41) is 3.72. The number of nitrogen functional groups attached to an aromatic ring is 1. The van der Waals surface area contributed by atoms with E-state index in [2.05, 4.69) is 18.5 Å². The van der Waals surface area contributed by atoms with Gasteiger partial charge in [-0.3, -0.25) is 4.79 Å². The van der Waals surface area contributed by atoms with Gasteiger partial charge in [0.1, 0.15) is 5.69 Å². The van der Waals surface area contributed by atoms with E-state index in [1.54, 1.807) is 6.07 Å². The molecule has 0 radical (unpaired) electrons. The lowest BCUT2D eigenvalue weighted by atomic mass is 10.2. The standard InChI is InChI=1S/C14H23N3OS/c1-3-7-17-9-10(15)8-12(17)14(18)16-11-5-4-6-13(11)19-2/h8-9,11,13H,3-7,15H2,1-2H3,(H,16,18). The molecule has 1 fully saturated rings. The lowest BCUT2D eigenvalue weighted by Crippen LogP contribution is -2.39. The van der Waals surface area contributed by atoms with Gasteiger partial charge in [0.15, 0.2) is 0 Å². The zero-order valence-corrected chi connectivity index (χ0v) is 12.5. The van der Waals surface area contributed by atoms with Crippen molar-refractivity contribution in [2.24, 2.45) is 0 Å². The van der Waals surface area contributed by atoms with Crippen LogP contribution in [0, 0.1) is 0 Å². The number of anilines is 1. The Labute approximate surface area is 119 Å². The van der Waals surface area contributed by atoms with Crippen LogP contribution in [0.15, 0.2) is 12.3 Å². The van der Waals surface area contributed by atoms with Crippen LogP contribution in [0.5, 0.6) is 0 Å². The lowest BCUT2D eigenvalue weighted by Gasteiger charge is -2.19. The molecule has 4 nitrogen and oxygen atoms in total. The van der Waals surface area contributed by atoms with E-state index in [4.69, 9.17) is 5.73 Å². The molecule has 0 saturated heterocycles. The van der Waals surface area contributed by atoms with Crippen LogP contribution in [-0.4, -0.2) is 28.0 Å². The monoisotopic (exact) mass is 281 g/mol. The average Bonchev–Trinajstić information content (AvgIpc) is 2.96. The van der Waals surface area contributed by atoms with Crippen molar-refractivity contribution in [3.8, 4) is 0 Å². The highest BCUT2D eigenvalue weighted by Crippen LogP contribution is 2.28. The topological polar surface area (TPSA) is 60.0 Å². The molecular weight excluding hydrogens is 258 g/mol. The van der Waals surface area contributed by atoms with Crippen LogP contribution in [0.2, 0.25) is 0 Å². The van der Waals surface area contributed by atoms with Gasteiger partial charge in [-0.05, 0) is 31.6 Å². The molecule has 1 heterocycles. The minimum absolute atomic E-state index is 0.0103. The lowest BCUT2D eigenvalue weighted by molar-refractivity contribution is 0.0929. The first-order valence-corrected chi connectivity index (χ1v) is 8.23. The molecule has 0 aliphatic heterocycles. The molecule has 1 amide bonds. The third kappa shape index (κ3) is 3.26. The Morgan fingerprint density at radius 1 is 1.58 bits per heavy atom. The molecule has 0 bridgehead atoms. The predicted octanol–water partition coefficient (Wildman–Crippen LogP) is 2.49. The van der Waals surface area contributed by atoms with Crippen molar-refractivity contribution in [2.45, 2.75) is 50.4 Å². The zero-order valence-electron chi connectivity index (χ0n) is 11.7. The summed E-state index contributed by atoms with van der Waals surface area (Å²) in [4.78, 5) is 12.4. The number of aryl methyl sites for hydroxylation is 1. The van der Waals surface area contributed by atoms with Gasteiger partial charge in [0.2, 0.25) is 0 Å². The highest BCUT2D eigenvalue weighted by Gasteiger charge is 2.28. The Balaban J connectivity index is 2.07. The fourth-order valence-electron chi connectivity index (χ4n) is 2.77. The summed E-state index contributed by atoms with van der Waals surface area (Å²) in [6.45, 7) is 2.93. The van der Waals surface area contributed by atoms with Crippen molar-refractivity contribution in [1.82, 2.24) is 9.88 Å². The Bertz CT molecular complexity index is 444. The zero-order chi connectivity index (χ0) is 13.8. The molecule has 0 spiro atoms. The van der Waals surface area contributed by atoms with Crippen molar-refractivity contribution < 1.29 is 4.79 Å². The third-order valence-electron chi connectivity index (χ3n) is 3.69. The molecule has 2 rings (SSSR count). The van der Waals surface area contributed by atoms with E-state index in [0.717, 1.165) is 19.4 Å². The summed E-state index contributed by atoms with van der Waals surface area (Å²) >= 11 is 1.85. The van der Waals surface area contributed by atoms with Gasteiger partial charge in [-0.25, -0.2) is 0 Å². The molecule has 2 unspecified atom stereocenters. The van der Waals surface area contributed by atoms with Gasteiger partial charge in [0, 0.05) is 24.0 Å². The minimum Gasteiger partial charge on any atom is -0.397 e. The van der Waals surface area contributed by atoms with Crippen molar-refractivity contribution in [3.05, 3.63) is 18.0 Å². The molecule has 2 atom stereocenters. The van der Waals surface area contributed by atoms with Crippen LogP contribution in [0.3, 0.4) is 0 Å². The number of rotatable bonds is 5. The number of carbonyl (C=O) groups is 1. The Hall–Kier alpha value is -1.10. The quantitative estimate of drug-likeness (QED) is 0.871. The summed E-state index contributed by atoms with van der Waals surface area (Å²) in [6.07, 6.45) is 8.44. The van der Waals surface area contributed by atoms with Crippen LogP contribution in [0.1, 0.15) is 43.1 Å². The maximum atomic E-state index is 12.4. The Morgan fingerprint density at radius 2 is 2.37 bits per heavy atom. The summed E-state index contributed by atoms with van der Waals surface area (Å²) < 4.78 is 1.95. The highest BCUT2D eigenvalue weighted by atomic mass is 32.2. The molecule has 1 aromatic heterocycles. The number of nitrogens with two attached hydrogens (primary N) is 1. The normalized spacial score (nSPS) is 22.6. The van der Waals surface area contributed by atoms with Crippen LogP contribution in [0.25, 0.3) is 0 Å². The first kappa shape index (κ1) is 14.3. The van der Waals surface area contributed by atoms with Crippen molar-refractivity contribution in [2.75, 3.05) is 12.0 Å². The maximum Gasteiger partial charge on any atom is 0.268 e. The second-order valence-corrected chi connectivity index (χ2v) is 6.21. The molecule has 5 heteroatoms. The first-order valence-electron chi connectivity index (χ1n) is 6.95. The molecule has 1 saturated carbocycles. The number of nitrogens with zero attached hydrogens (tertiary/aromatic N) is 1. The Kier molecular flexibility index (Phi) is 4.80. The second-order valence-electron chi connectivity index (χ2n) is 5.14. The number of thioether (sulfide) groups is 1. The van der Waals surface area contributed by atoms with Crippen LogP contribution in [-0.2, 0) is 6.54 Å². The van der Waals surface area contributed by atoms with Crippen molar-refractivity contribution in [1.29, 1.82) is 0 Å². The highest BCUT2D eigenvalue weighted by molar-refractivity contribution is 7.99. The van der Waals surface area contributed by atoms with Gasteiger partial charge < -0.3 is 15.6 Å². The second kappa shape index (κ2) is 6.37. The van der Waals surface area contributed by atoms with Gasteiger partial charge >= 0.3 is 0 Å². The average molecular weight is 281 g/mol. The predicted molar refractivity (Wildman–Crippen MR) is 81.5 cm³/mol. The molecule has 1 aromatic rings. The van der Waals surface area contributed by atoms with E-state index in [9.17, 15) is 4.79 Å². The number of hydrogen-bond donors (Lipinski definition) is 2. The number of carbonyl (C=O) groups excluding carboxylic acids is 1. The number of amides is 1. The van der Waals surface area contributed by atoms with Crippen LogP contribution in [0.4, 0.5) is 5.69 Å². The van der Waals surface area contributed by atoms with Gasteiger partial charge in [0.05, 0.1) is 5.69 Å². The number of hydrogen-bond acceptors (Lipinski definition) is 3. The molecule has 1 aliphatic carbocycles. The number of nitrogens with one attached hydrogen (secondary N) is 1. The maximum absolute atomic E-state index is 12.4. The summed E-state index contributed by atoms with van der Waals surface area (Å²) in [5.41, 5.74) is 7.15. The van der Waals surface area contributed by atoms with Gasteiger partial charge in [-0.1, -0.05) is 13.3 Å². The van der Waals surface area contributed by atoms with E-state index in [-0.39, 0.29) is 5.91 Å². The Morgan fingerprint density at radius 3 is 3.05 bits per heavy atom. The van der Waals surface area contributed by atoms with E-state index >= 15 is 0 Å². The molecule has 0 aromatic carbocycles. The molecule has 19 heavy (non-hydrogen) atoms. The van der Waals surface area contributed by atoms with E-state index in [1.165, 1.54) is 12.8 Å². The van der Waals surface area contributed by atoms with E-state index in [0.29, 0.717) is 22.7 Å². The summed E-state index contributed by atoms with van der Waals surface area (Å²) in [6, 6.07) is 2.07. The largest absolute Gasteiger partial charge is 0.397 e. The molecule has 1 aliphatic rings. The third-order valence-corrected chi connectivity index (χ3v) is 4.86. The van der Waals surface area contributed by atoms with Gasteiger partial charge in [-0.2, -0.15) is 11.8 Å². The fraction of sp³-hybridized carbons (Fsp3) is 0.643. The van der Waals surface area contributed by atoms with E-state index < -0.39 is 0 Å². The van der Waals surface area contributed by atoms with Gasteiger partial charge in [0.25, 0.3) is 5.91 Å². The van der Waals surface area contributed by atoms with Crippen LogP contribution < -0.4 is 11.1 Å². The van der Waals surface area contributed by atoms with E-state index in [1.807, 2.05) is 22.5 Å². The fourth-order valence-corrected chi connectivity index (χ4v) is 3.70. The SMILES string of the molecule is CCCn1cc(N)cc1C(=O)NC1CCCC1SC. The molecular formula is C14H23N3OS. The molecule has 3 N–H and O–H groups in total. The van der Waals surface area contributed by atoms with Crippen LogP contribution >= 0.6 is 11.8 Å². The number of aromatic nitrogens is 1.